The van der Waals surface area contributed by atoms with Gasteiger partial charge in [0, 0.05) is 13.0 Å². The van der Waals surface area contributed by atoms with Gasteiger partial charge in [-0.2, -0.15) is 0 Å². The summed E-state index contributed by atoms with van der Waals surface area (Å²) in [6.45, 7) is 4.19. The Morgan fingerprint density at radius 1 is 0.646 bits per heavy atom. The molecule has 0 aliphatic heterocycles. The Morgan fingerprint density at radius 3 is 1.65 bits per heavy atom. The second-order valence-electron chi connectivity index (χ2n) is 12.9. The number of hydrogen-bond acceptors (Lipinski definition) is 7. The molecule has 0 amide bonds. The number of nitrogens with two attached hydrogens (primary N) is 1. The normalized spacial score (nSPS) is 13.9. The molecule has 0 bridgehead atoms. The van der Waals surface area contributed by atoms with E-state index < -0.39 is 13.9 Å². The SMILES string of the molecule is CCCCCCCC/C=C/C/C=C/CCCCC(=O)O[C@H](CO/C=C/CCCCCCCCCCCCCC)COP(=O)(O)OCCN. The zero-order chi connectivity index (χ0) is 35.2. The monoisotopic (exact) mass is 700 g/mol. The maximum Gasteiger partial charge on any atom is 0.472 e. The summed E-state index contributed by atoms with van der Waals surface area (Å²) in [5, 5.41) is 0. The van der Waals surface area contributed by atoms with Gasteiger partial charge < -0.3 is 20.1 Å². The molecule has 0 aromatic rings. The Balaban J connectivity index is 4.20. The molecule has 9 heteroatoms. The summed E-state index contributed by atoms with van der Waals surface area (Å²) >= 11 is 0. The molecular weight excluding hydrogens is 625 g/mol. The summed E-state index contributed by atoms with van der Waals surface area (Å²) in [5.74, 6) is -0.384. The lowest BCUT2D eigenvalue weighted by atomic mass is 10.0. The molecule has 0 saturated heterocycles. The third-order valence-electron chi connectivity index (χ3n) is 8.12. The van der Waals surface area contributed by atoms with Crippen molar-refractivity contribution in [2.24, 2.45) is 5.73 Å². The maximum absolute atomic E-state index is 12.5. The minimum absolute atomic E-state index is 0.0205. The lowest BCUT2D eigenvalue weighted by Gasteiger charge is -2.19. The van der Waals surface area contributed by atoms with Crippen LogP contribution in [0.15, 0.2) is 36.6 Å². The lowest BCUT2D eigenvalue weighted by Crippen LogP contribution is -2.27. The fourth-order valence-corrected chi connectivity index (χ4v) is 5.99. The third kappa shape index (κ3) is 35.9. The Labute approximate surface area is 295 Å². The van der Waals surface area contributed by atoms with E-state index in [1.54, 1.807) is 6.26 Å². The fraction of sp³-hybridized carbons (Fsp3) is 0.821. The minimum Gasteiger partial charge on any atom is -0.498 e. The molecule has 0 aromatic carbocycles. The van der Waals surface area contributed by atoms with Crippen LogP contribution in [-0.2, 0) is 27.9 Å². The van der Waals surface area contributed by atoms with Crippen LogP contribution in [0.4, 0.5) is 0 Å². The molecule has 282 valence electrons. The van der Waals surface area contributed by atoms with Gasteiger partial charge in [0.2, 0.25) is 0 Å². The number of hydrogen-bond donors (Lipinski definition) is 2. The summed E-state index contributed by atoms with van der Waals surface area (Å²) in [6.07, 6.45) is 41.1. The molecule has 2 atom stereocenters. The highest BCUT2D eigenvalue weighted by atomic mass is 31.2. The van der Waals surface area contributed by atoms with E-state index in [4.69, 9.17) is 24.3 Å². The lowest BCUT2D eigenvalue weighted by molar-refractivity contribution is -0.153. The van der Waals surface area contributed by atoms with Crippen LogP contribution in [0.3, 0.4) is 0 Å². The number of carbonyl (C=O) groups is 1. The van der Waals surface area contributed by atoms with Gasteiger partial charge in [0.05, 0.1) is 19.5 Å². The first-order valence-corrected chi connectivity index (χ1v) is 21.0. The maximum atomic E-state index is 12.5. The summed E-state index contributed by atoms with van der Waals surface area (Å²) < 4.78 is 33.0. The molecule has 0 saturated carbocycles. The average Bonchev–Trinajstić information content (AvgIpc) is 3.07. The van der Waals surface area contributed by atoms with Crippen LogP contribution >= 0.6 is 7.82 Å². The van der Waals surface area contributed by atoms with Crippen molar-refractivity contribution in [3.8, 4) is 0 Å². The van der Waals surface area contributed by atoms with Gasteiger partial charge in [-0.3, -0.25) is 13.8 Å². The minimum atomic E-state index is -4.29. The van der Waals surface area contributed by atoms with Crippen molar-refractivity contribution in [2.45, 2.75) is 180 Å². The number of unbranched alkanes of at least 4 members (excludes halogenated alkanes) is 20. The smallest absolute Gasteiger partial charge is 0.472 e. The first-order valence-electron chi connectivity index (χ1n) is 19.5. The van der Waals surface area contributed by atoms with Crippen LogP contribution in [0.25, 0.3) is 0 Å². The van der Waals surface area contributed by atoms with Crippen molar-refractivity contribution in [3.05, 3.63) is 36.6 Å². The number of allylic oxidation sites excluding steroid dienone is 5. The second-order valence-corrected chi connectivity index (χ2v) is 14.3. The van der Waals surface area contributed by atoms with Crippen LogP contribution in [0.1, 0.15) is 174 Å². The van der Waals surface area contributed by atoms with E-state index in [9.17, 15) is 14.3 Å². The quantitative estimate of drug-likeness (QED) is 0.0216. The molecule has 48 heavy (non-hydrogen) atoms. The standard InChI is InChI=1S/C39H74NO7P/c1-3-5-7-9-11-13-15-17-19-20-22-24-26-28-30-32-39(41)47-38(37-46-48(42,43)45-35-33-40)36-44-34-31-29-27-25-23-21-18-16-14-12-10-8-6-4-2/h17,19,22,24,31,34,38H,3-16,18,20-21,23,25-30,32-33,35-37,40H2,1-2H3,(H,42,43)/b19-17+,24-22+,34-31+/t38-/m1/s1. The summed E-state index contributed by atoms with van der Waals surface area (Å²) in [5.41, 5.74) is 5.34. The summed E-state index contributed by atoms with van der Waals surface area (Å²) in [6, 6.07) is 0. The number of esters is 1. The average molecular weight is 700 g/mol. The number of rotatable bonds is 37. The number of phosphoric acid groups is 1. The molecule has 3 N–H and O–H groups in total. The third-order valence-corrected chi connectivity index (χ3v) is 9.11. The second kappa shape index (κ2) is 36.8. The number of phosphoric ester groups is 1. The van der Waals surface area contributed by atoms with E-state index >= 15 is 0 Å². The molecule has 0 aromatic heterocycles. The molecule has 0 radical (unpaired) electrons. The van der Waals surface area contributed by atoms with E-state index in [1.807, 2.05) is 6.08 Å². The molecule has 1 unspecified atom stereocenters. The van der Waals surface area contributed by atoms with Crippen molar-refractivity contribution in [3.63, 3.8) is 0 Å². The van der Waals surface area contributed by atoms with Crippen molar-refractivity contribution < 1.29 is 32.8 Å². The van der Waals surface area contributed by atoms with E-state index in [0.29, 0.717) is 6.42 Å². The molecular formula is C39H74NO7P. The Hall–Kier alpha value is -1.44. The van der Waals surface area contributed by atoms with E-state index in [0.717, 1.165) is 38.5 Å². The first-order chi connectivity index (χ1) is 23.4. The molecule has 0 aliphatic rings. The van der Waals surface area contributed by atoms with Gasteiger partial charge in [0.1, 0.15) is 6.61 Å². The predicted octanol–water partition coefficient (Wildman–Crippen LogP) is 11.4. The van der Waals surface area contributed by atoms with Gasteiger partial charge >= 0.3 is 13.8 Å². The van der Waals surface area contributed by atoms with Crippen LogP contribution in [-0.4, -0.2) is 43.3 Å². The molecule has 0 fully saturated rings. The van der Waals surface area contributed by atoms with Crippen LogP contribution in [0.5, 0.6) is 0 Å². The highest BCUT2D eigenvalue weighted by molar-refractivity contribution is 7.47. The summed E-state index contributed by atoms with van der Waals surface area (Å²) in [7, 11) is -4.29. The van der Waals surface area contributed by atoms with Gasteiger partial charge in [-0.05, 0) is 57.4 Å². The van der Waals surface area contributed by atoms with Crippen molar-refractivity contribution >= 4 is 13.8 Å². The molecule has 0 rings (SSSR count). The number of ether oxygens (including phenoxy) is 2. The Bertz CT molecular complexity index is 833. The highest BCUT2D eigenvalue weighted by Crippen LogP contribution is 2.43. The van der Waals surface area contributed by atoms with Crippen molar-refractivity contribution in [1.82, 2.24) is 0 Å². The molecule has 0 heterocycles. The van der Waals surface area contributed by atoms with Crippen LogP contribution in [0, 0.1) is 0 Å². The van der Waals surface area contributed by atoms with E-state index in [-0.39, 0.29) is 38.8 Å². The Morgan fingerprint density at radius 2 is 1.12 bits per heavy atom. The fourth-order valence-electron chi connectivity index (χ4n) is 5.23. The summed E-state index contributed by atoms with van der Waals surface area (Å²) in [4.78, 5) is 22.3. The zero-order valence-electron chi connectivity index (χ0n) is 31.0. The zero-order valence-corrected chi connectivity index (χ0v) is 31.9. The van der Waals surface area contributed by atoms with Crippen molar-refractivity contribution in [2.75, 3.05) is 26.4 Å². The Kier molecular flexibility index (Phi) is 35.7. The molecule has 0 spiro atoms. The largest absolute Gasteiger partial charge is 0.498 e. The topological polar surface area (TPSA) is 117 Å². The van der Waals surface area contributed by atoms with E-state index in [1.165, 1.54) is 109 Å². The predicted molar refractivity (Wildman–Crippen MR) is 201 cm³/mol. The highest BCUT2D eigenvalue weighted by Gasteiger charge is 2.25. The van der Waals surface area contributed by atoms with Crippen LogP contribution < -0.4 is 5.73 Å². The van der Waals surface area contributed by atoms with Crippen molar-refractivity contribution in [1.29, 1.82) is 0 Å². The van der Waals surface area contributed by atoms with Gasteiger partial charge in [-0.1, -0.05) is 141 Å². The van der Waals surface area contributed by atoms with E-state index in [2.05, 4.69) is 38.2 Å². The molecule has 0 aliphatic carbocycles. The van der Waals surface area contributed by atoms with Gasteiger partial charge in [-0.15, -0.1) is 0 Å². The molecule has 8 nitrogen and oxygen atoms in total. The van der Waals surface area contributed by atoms with Gasteiger partial charge in [0.15, 0.2) is 6.10 Å². The first kappa shape index (κ1) is 46.6. The van der Waals surface area contributed by atoms with Gasteiger partial charge in [0.25, 0.3) is 0 Å². The van der Waals surface area contributed by atoms with Crippen LogP contribution in [0.2, 0.25) is 0 Å². The van der Waals surface area contributed by atoms with Gasteiger partial charge in [-0.25, -0.2) is 4.57 Å². The number of carbonyl (C=O) groups excluding carboxylic acids is 1.